The number of pyridine rings is 2. The van der Waals surface area contributed by atoms with Gasteiger partial charge in [0.25, 0.3) is 0 Å². The lowest BCUT2D eigenvalue weighted by Gasteiger charge is -2.20. The van der Waals surface area contributed by atoms with Crippen LogP contribution >= 0.6 is 0 Å². The summed E-state index contributed by atoms with van der Waals surface area (Å²) in [6.07, 6.45) is 3.74. The van der Waals surface area contributed by atoms with Gasteiger partial charge in [0.05, 0.1) is 11.4 Å². The molecule has 0 unspecified atom stereocenters. The summed E-state index contributed by atoms with van der Waals surface area (Å²) in [5, 5.41) is 7.53. The molecule has 0 atom stereocenters. The number of benzene rings is 6. The van der Waals surface area contributed by atoms with Gasteiger partial charge in [-0.25, -0.2) is 0 Å². The molecule has 8 rings (SSSR count). The summed E-state index contributed by atoms with van der Waals surface area (Å²) in [6, 6.07) is 49.9. The van der Waals surface area contributed by atoms with E-state index in [1.54, 1.807) is 0 Å². The molecule has 0 N–H and O–H groups in total. The minimum Gasteiger partial charge on any atom is -0.256 e. The molecule has 0 fully saturated rings. The van der Waals surface area contributed by atoms with E-state index in [1.807, 2.05) is 30.6 Å². The normalized spacial score (nSPS) is 11.4. The Hall–Kier alpha value is -5.60. The third-order valence-electron chi connectivity index (χ3n) is 8.57. The first kappa shape index (κ1) is 25.1. The lowest BCUT2D eigenvalue weighted by atomic mass is 9.83. The Morgan fingerprint density at radius 2 is 1.05 bits per heavy atom. The molecule has 0 radical (unpaired) electrons. The Morgan fingerprint density at radius 1 is 0.419 bits per heavy atom. The Bertz CT molecular complexity index is 2230. The molecule has 0 saturated carbocycles. The first-order valence-corrected chi connectivity index (χ1v) is 14.7. The minimum absolute atomic E-state index is 0.927. The highest BCUT2D eigenvalue weighted by Crippen LogP contribution is 2.45. The Balaban J connectivity index is 1.35. The maximum Gasteiger partial charge on any atom is 0.0717 e. The fraction of sp³-hybridized carbons (Fsp3) is 0.0244. The first-order chi connectivity index (χ1) is 21.3. The molecule has 43 heavy (non-hydrogen) atoms. The number of fused-ring (bicyclic) bond motifs is 3. The van der Waals surface area contributed by atoms with Crippen LogP contribution in [0.1, 0.15) is 5.56 Å². The highest BCUT2D eigenvalue weighted by Gasteiger charge is 2.19. The van der Waals surface area contributed by atoms with Crippen LogP contribution in [0.25, 0.3) is 77.1 Å². The number of aromatic nitrogens is 2. The number of nitrogens with zero attached hydrogens (tertiary/aromatic N) is 2. The summed E-state index contributed by atoms with van der Waals surface area (Å²) < 4.78 is 0. The molecule has 2 nitrogen and oxygen atoms in total. The van der Waals surface area contributed by atoms with Gasteiger partial charge in [0.2, 0.25) is 0 Å². The van der Waals surface area contributed by atoms with Crippen molar-refractivity contribution >= 4 is 32.3 Å². The van der Waals surface area contributed by atoms with E-state index in [0.717, 1.165) is 22.5 Å². The van der Waals surface area contributed by atoms with E-state index in [0.29, 0.717) is 0 Å². The summed E-state index contributed by atoms with van der Waals surface area (Å²) in [5.41, 5.74) is 10.3. The molecule has 0 saturated heterocycles. The highest BCUT2D eigenvalue weighted by atomic mass is 14.7. The van der Waals surface area contributed by atoms with Crippen molar-refractivity contribution in [2.75, 3.05) is 0 Å². The van der Waals surface area contributed by atoms with E-state index in [1.165, 1.54) is 60.1 Å². The predicted molar refractivity (Wildman–Crippen MR) is 181 cm³/mol. The molecule has 6 aromatic carbocycles. The van der Waals surface area contributed by atoms with Gasteiger partial charge in [-0.2, -0.15) is 0 Å². The van der Waals surface area contributed by atoms with Crippen molar-refractivity contribution in [2.45, 2.75) is 6.92 Å². The molecule has 0 aliphatic heterocycles. The summed E-state index contributed by atoms with van der Waals surface area (Å²) >= 11 is 0. The standard InChI is InChI=1S/C41H28N2/c1-27-32(39-23-22-31(26-43-39)38-19-8-9-24-42-38)17-10-18-33(27)41-36-15-6-4-13-34(36)40(35-14-5-7-16-37(35)41)30-21-20-28-11-2-3-12-29(28)25-30/h2-26H,1H3. The van der Waals surface area contributed by atoms with Crippen molar-refractivity contribution in [1.29, 1.82) is 0 Å². The zero-order chi connectivity index (χ0) is 28.8. The zero-order valence-corrected chi connectivity index (χ0v) is 23.8. The van der Waals surface area contributed by atoms with Gasteiger partial charge in [-0.1, -0.05) is 109 Å². The average molecular weight is 549 g/mol. The van der Waals surface area contributed by atoms with Gasteiger partial charge < -0.3 is 0 Å². The van der Waals surface area contributed by atoms with E-state index in [4.69, 9.17) is 4.98 Å². The van der Waals surface area contributed by atoms with Crippen LogP contribution in [0.5, 0.6) is 0 Å². The summed E-state index contributed by atoms with van der Waals surface area (Å²) in [4.78, 5) is 9.37. The average Bonchev–Trinajstić information content (AvgIpc) is 3.08. The van der Waals surface area contributed by atoms with Gasteiger partial charge in [-0.15, -0.1) is 0 Å². The van der Waals surface area contributed by atoms with Crippen LogP contribution in [-0.2, 0) is 0 Å². The van der Waals surface area contributed by atoms with Crippen LogP contribution in [0.3, 0.4) is 0 Å². The van der Waals surface area contributed by atoms with Gasteiger partial charge in [-0.3, -0.25) is 9.97 Å². The fourth-order valence-electron chi connectivity index (χ4n) is 6.50. The van der Waals surface area contributed by atoms with Gasteiger partial charge in [-0.05, 0) is 97.4 Å². The van der Waals surface area contributed by atoms with Crippen molar-refractivity contribution in [2.24, 2.45) is 0 Å². The molecule has 8 aromatic rings. The van der Waals surface area contributed by atoms with E-state index in [9.17, 15) is 0 Å². The van der Waals surface area contributed by atoms with Gasteiger partial charge in [0, 0.05) is 23.5 Å². The summed E-state index contributed by atoms with van der Waals surface area (Å²) in [7, 11) is 0. The van der Waals surface area contributed by atoms with Crippen LogP contribution in [-0.4, -0.2) is 9.97 Å². The lowest BCUT2D eigenvalue weighted by Crippen LogP contribution is -1.95. The third kappa shape index (κ3) is 4.27. The topological polar surface area (TPSA) is 25.8 Å². The highest BCUT2D eigenvalue weighted by molar-refractivity contribution is 6.22. The van der Waals surface area contributed by atoms with Crippen molar-refractivity contribution in [3.63, 3.8) is 0 Å². The predicted octanol–water partition coefficient (Wildman–Crippen LogP) is 10.9. The molecule has 202 valence electrons. The maximum atomic E-state index is 4.88. The number of hydrogen-bond donors (Lipinski definition) is 0. The molecule has 0 spiro atoms. The number of hydrogen-bond acceptors (Lipinski definition) is 2. The molecule has 2 aromatic heterocycles. The van der Waals surface area contributed by atoms with Gasteiger partial charge in [0.15, 0.2) is 0 Å². The smallest absolute Gasteiger partial charge is 0.0717 e. The second-order valence-corrected chi connectivity index (χ2v) is 11.0. The van der Waals surface area contributed by atoms with E-state index in [2.05, 4.69) is 133 Å². The summed E-state index contributed by atoms with van der Waals surface area (Å²) in [5.74, 6) is 0. The van der Waals surface area contributed by atoms with E-state index >= 15 is 0 Å². The Kier molecular flexibility index (Phi) is 6.05. The lowest BCUT2D eigenvalue weighted by molar-refractivity contribution is 1.27. The SMILES string of the molecule is Cc1c(-c2ccc(-c3ccccn3)cn2)cccc1-c1c2ccccc2c(-c2ccc3ccccc3c2)c2ccccc12. The third-order valence-corrected chi connectivity index (χ3v) is 8.57. The minimum atomic E-state index is 0.927. The fourth-order valence-corrected chi connectivity index (χ4v) is 6.50. The van der Waals surface area contributed by atoms with Crippen LogP contribution in [0.2, 0.25) is 0 Å². The Labute approximate surface area is 251 Å². The van der Waals surface area contributed by atoms with Crippen molar-refractivity contribution in [3.8, 4) is 44.8 Å². The van der Waals surface area contributed by atoms with Crippen LogP contribution in [0.15, 0.2) is 152 Å². The van der Waals surface area contributed by atoms with E-state index in [-0.39, 0.29) is 0 Å². The second-order valence-electron chi connectivity index (χ2n) is 11.0. The first-order valence-electron chi connectivity index (χ1n) is 14.7. The van der Waals surface area contributed by atoms with Crippen LogP contribution in [0.4, 0.5) is 0 Å². The van der Waals surface area contributed by atoms with Gasteiger partial charge in [0.1, 0.15) is 0 Å². The molecular formula is C41H28N2. The Morgan fingerprint density at radius 3 is 1.72 bits per heavy atom. The molecular weight excluding hydrogens is 520 g/mol. The molecule has 0 aliphatic rings. The molecule has 2 heterocycles. The van der Waals surface area contributed by atoms with Crippen molar-refractivity contribution < 1.29 is 0 Å². The van der Waals surface area contributed by atoms with Crippen molar-refractivity contribution in [1.82, 2.24) is 9.97 Å². The monoisotopic (exact) mass is 548 g/mol. The zero-order valence-electron chi connectivity index (χ0n) is 23.8. The molecule has 2 heteroatoms. The van der Waals surface area contributed by atoms with Crippen molar-refractivity contribution in [3.05, 3.63) is 157 Å². The largest absolute Gasteiger partial charge is 0.256 e. The second kappa shape index (κ2) is 10.3. The summed E-state index contributed by atoms with van der Waals surface area (Å²) in [6.45, 7) is 2.22. The molecule has 0 amide bonds. The van der Waals surface area contributed by atoms with Crippen LogP contribution in [0, 0.1) is 6.92 Å². The maximum absolute atomic E-state index is 4.88. The molecule has 0 aliphatic carbocycles. The van der Waals surface area contributed by atoms with E-state index < -0.39 is 0 Å². The number of rotatable bonds is 4. The molecule has 0 bridgehead atoms. The quantitative estimate of drug-likeness (QED) is 0.204. The van der Waals surface area contributed by atoms with Crippen LogP contribution < -0.4 is 0 Å². The van der Waals surface area contributed by atoms with Gasteiger partial charge >= 0.3 is 0 Å².